The summed E-state index contributed by atoms with van der Waals surface area (Å²) < 4.78 is 0. The van der Waals surface area contributed by atoms with Crippen molar-refractivity contribution in [2.45, 2.75) is 13.8 Å². The molecule has 0 aromatic carbocycles. The second kappa shape index (κ2) is 4.38. The predicted molar refractivity (Wildman–Crippen MR) is 38.8 cm³/mol. The van der Waals surface area contributed by atoms with Gasteiger partial charge in [0.15, 0.2) is 0 Å². The highest BCUT2D eigenvalue weighted by Crippen LogP contribution is 1.95. The molecule has 0 atom stereocenters. The Bertz CT molecular complexity index is 116. The van der Waals surface area contributed by atoms with Crippen LogP contribution in [0.5, 0.6) is 0 Å². The first-order valence-corrected chi connectivity index (χ1v) is 2.76. The standard InChI is InChI=1S/C8H12/c1-4-7-8(5-2)6-3/h4-7H,2H2,1,3H3/b7-4-,8-6-. The molecule has 0 aromatic heterocycles. The van der Waals surface area contributed by atoms with Crippen molar-refractivity contribution in [3.8, 4) is 0 Å². The highest BCUT2D eigenvalue weighted by molar-refractivity contribution is 5.27. The van der Waals surface area contributed by atoms with E-state index in [0.29, 0.717) is 0 Å². The zero-order valence-corrected chi connectivity index (χ0v) is 5.52. The fraction of sp³-hybridized carbons (Fsp3) is 0.250. The zero-order chi connectivity index (χ0) is 6.41. The molecular weight excluding hydrogens is 96.1 g/mol. The van der Waals surface area contributed by atoms with Gasteiger partial charge in [-0.3, -0.25) is 0 Å². The van der Waals surface area contributed by atoms with Gasteiger partial charge in [0.25, 0.3) is 0 Å². The quantitative estimate of drug-likeness (QED) is 0.477. The van der Waals surface area contributed by atoms with E-state index in [1.165, 1.54) is 5.57 Å². The molecule has 0 aliphatic rings. The van der Waals surface area contributed by atoms with Crippen LogP contribution >= 0.6 is 0 Å². The molecule has 0 heteroatoms. The molecule has 0 nitrogen and oxygen atoms in total. The van der Waals surface area contributed by atoms with Gasteiger partial charge >= 0.3 is 0 Å². The van der Waals surface area contributed by atoms with Crippen LogP contribution in [0, 0.1) is 0 Å². The summed E-state index contributed by atoms with van der Waals surface area (Å²) in [6.45, 7) is 7.62. The maximum atomic E-state index is 3.63. The molecule has 0 spiro atoms. The van der Waals surface area contributed by atoms with E-state index in [4.69, 9.17) is 0 Å². The zero-order valence-electron chi connectivity index (χ0n) is 5.52. The van der Waals surface area contributed by atoms with Crippen molar-refractivity contribution in [3.63, 3.8) is 0 Å². The predicted octanol–water partition coefficient (Wildman–Crippen LogP) is 2.69. The first-order chi connectivity index (χ1) is 3.85. The van der Waals surface area contributed by atoms with E-state index >= 15 is 0 Å². The fourth-order valence-corrected chi connectivity index (χ4v) is 0.475. The van der Waals surface area contributed by atoms with Crippen LogP contribution in [0.15, 0.2) is 36.5 Å². The van der Waals surface area contributed by atoms with E-state index in [2.05, 4.69) is 6.58 Å². The third kappa shape index (κ3) is 2.40. The van der Waals surface area contributed by atoms with Gasteiger partial charge in [-0.2, -0.15) is 0 Å². The van der Waals surface area contributed by atoms with Crippen LogP contribution in [-0.2, 0) is 0 Å². The third-order valence-electron chi connectivity index (χ3n) is 0.928. The molecule has 0 saturated carbocycles. The van der Waals surface area contributed by atoms with Crippen molar-refractivity contribution in [2.24, 2.45) is 0 Å². The summed E-state index contributed by atoms with van der Waals surface area (Å²) in [5.74, 6) is 0. The molecule has 8 heavy (non-hydrogen) atoms. The van der Waals surface area contributed by atoms with Gasteiger partial charge in [-0.25, -0.2) is 0 Å². The van der Waals surface area contributed by atoms with Crippen molar-refractivity contribution >= 4 is 0 Å². The lowest BCUT2D eigenvalue weighted by Crippen LogP contribution is -1.63. The summed E-state index contributed by atoms with van der Waals surface area (Å²) in [6, 6.07) is 0. The molecule has 0 saturated heterocycles. The molecule has 0 radical (unpaired) electrons. The number of hydrogen-bond donors (Lipinski definition) is 0. The topological polar surface area (TPSA) is 0 Å². The Hall–Kier alpha value is -0.780. The molecular formula is C8H12. The fourth-order valence-electron chi connectivity index (χ4n) is 0.475. The molecule has 0 aromatic rings. The van der Waals surface area contributed by atoms with Crippen LogP contribution in [0.3, 0.4) is 0 Å². The Morgan fingerprint density at radius 1 is 1.38 bits per heavy atom. The van der Waals surface area contributed by atoms with E-state index in [9.17, 15) is 0 Å². The van der Waals surface area contributed by atoms with E-state index < -0.39 is 0 Å². The van der Waals surface area contributed by atoms with Crippen molar-refractivity contribution in [1.29, 1.82) is 0 Å². The molecule has 0 N–H and O–H groups in total. The summed E-state index contributed by atoms with van der Waals surface area (Å²) in [5, 5.41) is 0. The van der Waals surface area contributed by atoms with Gasteiger partial charge in [0.05, 0.1) is 0 Å². The molecule has 0 heterocycles. The largest absolute Gasteiger partial charge is 0.0985 e. The molecule has 0 rings (SSSR count). The van der Waals surface area contributed by atoms with Gasteiger partial charge in [-0.15, -0.1) is 0 Å². The second-order valence-corrected chi connectivity index (χ2v) is 1.49. The summed E-state index contributed by atoms with van der Waals surface area (Å²) in [5.41, 5.74) is 1.17. The lowest BCUT2D eigenvalue weighted by atomic mass is 10.2. The molecule has 0 aliphatic carbocycles. The Labute approximate surface area is 51.2 Å². The molecule has 0 amide bonds. The molecule has 0 aliphatic heterocycles. The highest BCUT2D eigenvalue weighted by Gasteiger charge is 1.74. The smallest absolute Gasteiger partial charge is 0.0309 e. The molecule has 0 bridgehead atoms. The normalized spacial score (nSPS) is 12.5. The first-order valence-electron chi connectivity index (χ1n) is 2.76. The van der Waals surface area contributed by atoms with Gasteiger partial charge in [0, 0.05) is 0 Å². The van der Waals surface area contributed by atoms with Gasteiger partial charge in [0.1, 0.15) is 0 Å². The number of hydrogen-bond acceptors (Lipinski definition) is 0. The maximum absolute atomic E-state index is 3.63. The monoisotopic (exact) mass is 108 g/mol. The van der Waals surface area contributed by atoms with Crippen LogP contribution in [0.25, 0.3) is 0 Å². The van der Waals surface area contributed by atoms with Crippen LogP contribution in [0.1, 0.15) is 13.8 Å². The van der Waals surface area contributed by atoms with E-state index in [1.54, 1.807) is 0 Å². The Morgan fingerprint density at radius 3 is 2.12 bits per heavy atom. The number of allylic oxidation sites excluding steroid dienone is 5. The minimum absolute atomic E-state index is 1.17. The van der Waals surface area contributed by atoms with E-state index in [0.717, 1.165) is 0 Å². The molecule has 0 fully saturated rings. The van der Waals surface area contributed by atoms with Crippen molar-refractivity contribution in [3.05, 3.63) is 36.5 Å². The molecule has 0 unspecified atom stereocenters. The van der Waals surface area contributed by atoms with Crippen LogP contribution in [-0.4, -0.2) is 0 Å². The average molecular weight is 108 g/mol. The average Bonchev–Trinajstić information content (AvgIpc) is 1.83. The van der Waals surface area contributed by atoms with E-state index in [1.807, 2.05) is 38.2 Å². The van der Waals surface area contributed by atoms with Gasteiger partial charge in [0.2, 0.25) is 0 Å². The Kier molecular flexibility index (Phi) is 3.95. The lowest BCUT2D eigenvalue weighted by Gasteiger charge is -1.84. The van der Waals surface area contributed by atoms with Crippen molar-refractivity contribution in [2.75, 3.05) is 0 Å². The van der Waals surface area contributed by atoms with Crippen LogP contribution in [0.4, 0.5) is 0 Å². The van der Waals surface area contributed by atoms with Gasteiger partial charge in [-0.1, -0.05) is 30.9 Å². The Morgan fingerprint density at radius 2 is 2.00 bits per heavy atom. The highest BCUT2D eigenvalue weighted by atomic mass is 13.8. The van der Waals surface area contributed by atoms with Gasteiger partial charge in [-0.05, 0) is 19.4 Å². The summed E-state index contributed by atoms with van der Waals surface area (Å²) in [6.07, 6.45) is 7.87. The van der Waals surface area contributed by atoms with Crippen molar-refractivity contribution in [1.82, 2.24) is 0 Å². The maximum Gasteiger partial charge on any atom is -0.0309 e. The summed E-state index contributed by atoms with van der Waals surface area (Å²) >= 11 is 0. The number of rotatable bonds is 2. The second-order valence-electron chi connectivity index (χ2n) is 1.49. The lowest BCUT2D eigenvalue weighted by molar-refractivity contribution is 1.58. The van der Waals surface area contributed by atoms with Gasteiger partial charge < -0.3 is 0 Å². The van der Waals surface area contributed by atoms with Crippen molar-refractivity contribution < 1.29 is 0 Å². The van der Waals surface area contributed by atoms with Crippen LogP contribution in [0.2, 0.25) is 0 Å². The summed E-state index contributed by atoms with van der Waals surface area (Å²) in [4.78, 5) is 0. The van der Waals surface area contributed by atoms with E-state index in [-0.39, 0.29) is 0 Å². The summed E-state index contributed by atoms with van der Waals surface area (Å²) in [7, 11) is 0. The van der Waals surface area contributed by atoms with Crippen LogP contribution < -0.4 is 0 Å². The minimum Gasteiger partial charge on any atom is -0.0985 e. The SMILES string of the molecule is C=CC(/C=C\C)=C/C. The Balaban J connectivity index is 3.91. The molecule has 44 valence electrons. The minimum atomic E-state index is 1.17. The first kappa shape index (κ1) is 7.22. The third-order valence-corrected chi connectivity index (χ3v) is 0.928.